The summed E-state index contributed by atoms with van der Waals surface area (Å²) in [6, 6.07) is 18.1. The standard InChI is InChI=1S/C25H27N5O2/c1-2-12-32-13-11-28-16-18-14-21(15-26)24(29-17-18)19-7-9-20(10-8-19)25(31)30-23-6-4-3-5-22(23)27/h3-10,14,17,28H,2,11-13,16,27H2,1H3,(H,30,31). The van der Waals surface area contributed by atoms with Gasteiger partial charge in [0.25, 0.3) is 5.91 Å². The lowest BCUT2D eigenvalue weighted by molar-refractivity contribution is 0.102. The molecule has 0 spiro atoms. The number of nitrogens with two attached hydrogens (primary N) is 1. The first-order valence-electron chi connectivity index (χ1n) is 10.6. The predicted molar refractivity (Wildman–Crippen MR) is 126 cm³/mol. The van der Waals surface area contributed by atoms with Gasteiger partial charge in [0.15, 0.2) is 0 Å². The SMILES string of the molecule is CCCOCCNCc1cnc(-c2ccc(C(=O)Nc3ccccc3N)cc2)c(C#N)c1. The molecule has 0 aliphatic rings. The fourth-order valence-corrected chi connectivity index (χ4v) is 3.13. The van der Waals surface area contributed by atoms with Gasteiger partial charge < -0.3 is 21.1 Å². The van der Waals surface area contributed by atoms with Crippen LogP contribution < -0.4 is 16.4 Å². The maximum Gasteiger partial charge on any atom is 0.255 e. The number of pyridine rings is 1. The fourth-order valence-electron chi connectivity index (χ4n) is 3.13. The van der Waals surface area contributed by atoms with Crippen molar-refractivity contribution in [3.63, 3.8) is 0 Å². The predicted octanol–water partition coefficient (Wildman–Crippen LogP) is 3.97. The molecule has 0 aliphatic carbocycles. The van der Waals surface area contributed by atoms with Gasteiger partial charge in [0.1, 0.15) is 6.07 Å². The highest BCUT2D eigenvalue weighted by atomic mass is 16.5. The molecule has 164 valence electrons. The molecule has 4 N–H and O–H groups in total. The lowest BCUT2D eigenvalue weighted by Crippen LogP contribution is -2.19. The van der Waals surface area contributed by atoms with Crippen molar-refractivity contribution >= 4 is 17.3 Å². The van der Waals surface area contributed by atoms with E-state index in [1.165, 1.54) is 0 Å². The summed E-state index contributed by atoms with van der Waals surface area (Å²) in [5.41, 5.74) is 10.2. The van der Waals surface area contributed by atoms with Crippen LogP contribution >= 0.6 is 0 Å². The minimum atomic E-state index is -0.257. The Morgan fingerprint density at radius 3 is 2.66 bits per heavy atom. The highest BCUT2D eigenvalue weighted by Crippen LogP contribution is 2.23. The molecule has 0 aliphatic heterocycles. The highest BCUT2D eigenvalue weighted by Gasteiger charge is 2.11. The molecule has 7 heteroatoms. The first-order valence-corrected chi connectivity index (χ1v) is 10.6. The number of anilines is 2. The van der Waals surface area contributed by atoms with Crippen molar-refractivity contribution in [3.8, 4) is 17.3 Å². The van der Waals surface area contributed by atoms with E-state index < -0.39 is 0 Å². The number of carbonyl (C=O) groups is 1. The van der Waals surface area contributed by atoms with Gasteiger partial charge in [-0.05, 0) is 42.3 Å². The molecule has 0 bridgehead atoms. The second-order valence-electron chi connectivity index (χ2n) is 7.26. The quantitative estimate of drug-likeness (QED) is 0.332. The van der Waals surface area contributed by atoms with Crippen LogP contribution in [0.5, 0.6) is 0 Å². The molecule has 3 rings (SSSR count). The summed E-state index contributed by atoms with van der Waals surface area (Å²) >= 11 is 0. The lowest BCUT2D eigenvalue weighted by Gasteiger charge is -2.10. The van der Waals surface area contributed by atoms with Crippen LogP contribution in [0.1, 0.15) is 34.8 Å². The first-order chi connectivity index (χ1) is 15.6. The molecule has 32 heavy (non-hydrogen) atoms. The summed E-state index contributed by atoms with van der Waals surface area (Å²) in [4.78, 5) is 17.0. The maximum absolute atomic E-state index is 12.5. The third kappa shape index (κ3) is 6.14. The average molecular weight is 430 g/mol. The third-order valence-electron chi connectivity index (χ3n) is 4.80. The molecule has 2 aromatic carbocycles. The number of hydrogen-bond acceptors (Lipinski definition) is 6. The smallest absolute Gasteiger partial charge is 0.255 e. The van der Waals surface area contributed by atoms with Crippen molar-refractivity contribution < 1.29 is 9.53 Å². The Balaban J connectivity index is 1.65. The van der Waals surface area contributed by atoms with Gasteiger partial charge in [0.2, 0.25) is 0 Å². The number of carbonyl (C=O) groups excluding carboxylic acids is 1. The number of nitrogens with zero attached hydrogens (tertiary/aromatic N) is 2. The molecule has 1 heterocycles. The molecule has 0 saturated heterocycles. The van der Waals surface area contributed by atoms with Crippen molar-refractivity contribution in [1.29, 1.82) is 5.26 Å². The molecule has 1 aromatic heterocycles. The fraction of sp³-hybridized carbons (Fsp3) is 0.240. The van der Waals surface area contributed by atoms with E-state index in [2.05, 4.69) is 28.6 Å². The summed E-state index contributed by atoms with van der Waals surface area (Å²) in [5.74, 6) is -0.257. The van der Waals surface area contributed by atoms with Gasteiger partial charge in [0, 0.05) is 37.0 Å². The second-order valence-corrected chi connectivity index (χ2v) is 7.26. The van der Waals surface area contributed by atoms with E-state index in [-0.39, 0.29) is 5.91 Å². The third-order valence-corrected chi connectivity index (χ3v) is 4.80. The topological polar surface area (TPSA) is 113 Å². The molecule has 0 unspecified atom stereocenters. The van der Waals surface area contributed by atoms with Crippen molar-refractivity contribution in [2.45, 2.75) is 19.9 Å². The van der Waals surface area contributed by atoms with Crippen LogP contribution in [-0.4, -0.2) is 30.6 Å². The van der Waals surface area contributed by atoms with Gasteiger partial charge in [-0.1, -0.05) is 31.2 Å². The Hall–Kier alpha value is -3.73. The van der Waals surface area contributed by atoms with E-state index in [0.29, 0.717) is 41.3 Å². The van der Waals surface area contributed by atoms with E-state index in [1.807, 2.05) is 18.2 Å². The Labute approximate surface area is 188 Å². The van der Waals surface area contributed by atoms with Crippen LogP contribution in [0.25, 0.3) is 11.3 Å². The number of aromatic nitrogens is 1. The van der Waals surface area contributed by atoms with Crippen LogP contribution in [0.15, 0.2) is 60.8 Å². The number of rotatable bonds is 10. The second kappa shape index (κ2) is 11.6. The van der Waals surface area contributed by atoms with Crippen molar-refractivity contribution in [2.24, 2.45) is 0 Å². The van der Waals surface area contributed by atoms with Crippen molar-refractivity contribution in [3.05, 3.63) is 77.5 Å². The van der Waals surface area contributed by atoms with E-state index in [9.17, 15) is 10.1 Å². The molecule has 7 nitrogen and oxygen atoms in total. The number of ether oxygens (including phenoxy) is 1. The highest BCUT2D eigenvalue weighted by molar-refractivity contribution is 6.05. The molecular formula is C25H27N5O2. The van der Waals surface area contributed by atoms with Gasteiger partial charge >= 0.3 is 0 Å². The Morgan fingerprint density at radius 1 is 1.16 bits per heavy atom. The monoisotopic (exact) mass is 429 g/mol. The van der Waals surface area contributed by atoms with Crippen molar-refractivity contribution in [2.75, 3.05) is 30.8 Å². The zero-order valence-corrected chi connectivity index (χ0v) is 18.1. The van der Waals surface area contributed by atoms with Gasteiger partial charge in [-0.2, -0.15) is 5.26 Å². The molecule has 0 fully saturated rings. The van der Waals surface area contributed by atoms with E-state index in [4.69, 9.17) is 10.5 Å². The van der Waals surface area contributed by atoms with Crippen molar-refractivity contribution in [1.82, 2.24) is 10.3 Å². The molecule has 0 radical (unpaired) electrons. The Morgan fingerprint density at radius 2 is 1.94 bits per heavy atom. The Kier molecular flexibility index (Phi) is 8.32. The Bertz CT molecular complexity index is 1090. The average Bonchev–Trinajstić information content (AvgIpc) is 2.82. The summed E-state index contributed by atoms with van der Waals surface area (Å²) in [7, 11) is 0. The van der Waals surface area contributed by atoms with Crippen LogP contribution in [0.4, 0.5) is 11.4 Å². The number of nitrogens with one attached hydrogen (secondary N) is 2. The minimum absolute atomic E-state index is 0.257. The number of nitrogen functional groups attached to an aromatic ring is 1. The molecule has 1 amide bonds. The maximum atomic E-state index is 12.5. The number of para-hydroxylation sites is 2. The van der Waals surface area contributed by atoms with Crippen LogP contribution in [-0.2, 0) is 11.3 Å². The zero-order chi connectivity index (χ0) is 22.8. The molecule has 3 aromatic rings. The molecule has 0 atom stereocenters. The summed E-state index contributed by atoms with van der Waals surface area (Å²) < 4.78 is 5.44. The number of nitriles is 1. The van der Waals surface area contributed by atoms with Gasteiger partial charge in [-0.25, -0.2) is 0 Å². The largest absolute Gasteiger partial charge is 0.397 e. The van der Waals surface area contributed by atoms with Crippen LogP contribution in [0.3, 0.4) is 0 Å². The van der Waals surface area contributed by atoms with Crippen LogP contribution in [0, 0.1) is 11.3 Å². The summed E-state index contributed by atoms with van der Waals surface area (Å²) in [6.45, 7) is 4.84. The summed E-state index contributed by atoms with van der Waals surface area (Å²) in [5, 5.41) is 15.7. The van der Waals surface area contributed by atoms with E-state index >= 15 is 0 Å². The number of amides is 1. The van der Waals surface area contributed by atoms with Gasteiger partial charge in [-0.15, -0.1) is 0 Å². The lowest BCUT2D eigenvalue weighted by atomic mass is 10.0. The van der Waals surface area contributed by atoms with Crippen LogP contribution in [0.2, 0.25) is 0 Å². The first kappa shape index (κ1) is 22.9. The normalized spacial score (nSPS) is 10.5. The zero-order valence-electron chi connectivity index (χ0n) is 18.1. The van der Waals surface area contributed by atoms with E-state index in [0.717, 1.165) is 30.7 Å². The molecule has 0 saturated carbocycles. The van der Waals surface area contributed by atoms with E-state index in [1.54, 1.807) is 42.6 Å². The number of benzene rings is 2. The van der Waals surface area contributed by atoms with Gasteiger partial charge in [0.05, 0.1) is 29.2 Å². The van der Waals surface area contributed by atoms with Gasteiger partial charge in [-0.3, -0.25) is 9.78 Å². The number of hydrogen-bond donors (Lipinski definition) is 3. The summed E-state index contributed by atoms with van der Waals surface area (Å²) in [6.07, 6.45) is 2.76. The minimum Gasteiger partial charge on any atom is -0.397 e. The molecular weight excluding hydrogens is 402 g/mol.